The summed E-state index contributed by atoms with van der Waals surface area (Å²) in [7, 11) is 0. The van der Waals surface area contributed by atoms with Crippen LogP contribution in [0.2, 0.25) is 5.15 Å². The zero-order chi connectivity index (χ0) is 13.3. The van der Waals surface area contributed by atoms with Crippen LogP contribution in [0.15, 0.2) is 6.07 Å². The Labute approximate surface area is 101 Å². The van der Waals surface area contributed by atoms with E-state index in [1.807, 2.05) is 0 Å². The molecule has 2 N–H and O–H groups in total. The van der Waals surface area contributed by atoms with E-state index in [1.165, 1.54) is 0 Å². The lowest BCUT2D eigenvalue weighted by atomic mass is 10.1. The molecule has 8 heteroatoms. The Kier molecular flexibility index (Phi) is 3.83. The summed E-state index contributed by atoms with van der Waals surface area (Å²) in [6.07, 6.45) is -4.59. The lowest BCUT2D eigenvalue weighted by Crippen LogP contribution is -2.36. The first-order valence-corrected chi connectivity index (χ1v) is 5.03. The summed E-state index contributed by atoms with van der Waals surface area (Å²) < 4.78 is 37.3. The van der Waals surface area contributed by atoms with Crippen molar-refractivity contribution in [2.45, 2.75) is 25.6 Å². The van der Waals surface area contributed by atoms with Gasteiger partial charge in [-0.25, -0.2) is 9.97 Å². The normalized spacial score (nSPS) is 12.6. The smallest absolute Gasteiger partial charge is 0.394 e. The number of aliphatic hydroxyl groups is 1. The third-order valence-electron chi connectivity index (χ3n) is 1.83. The largest absolute Gasteiger partial charge is 0.433 e. The molecule has 4 nitrogen and oxygen atoms in total. The van der Waals surface area contributed by atoms with Crippen LogP contribution < -0.4 is 5.32 Å². The summed E-state index contributed by atoms with van der Waals surface area (Å²) in [6, 6.07) is 0.638. The molecule has 0 amide bonds. The number of alkyl halides is 3. The van der Waals surface area contributed by atoms with E-state index < -0.39 is 17.4 Å². The third kappa shape index (κ3) is 4.01. The highest BCUT2D eigenvalue weighted by atomic mass is 35.5. The third-order valence-corrected chi connectivity index (χ3v) is 2.02. The summed E-state index contributed by atoms with van der Waals surface area (Å²) in [5.74, 6) is -0.274. The van der Waals surface area contributed by atoms with Crippen LogP contribution in [0, 0.1) is 0 Å². The molecular formula is C9H11ClF3N3O. The van der Waals surface area contributed by atoms with Gasteiger partial charge in [0.2, 0.25) is 5.95 Å². The SMILES string of the molecule is CC(C)(CO)Nc1nc(Cl)cc(C(F)(F)F)n1. The highest BCUT2D eigenvalue weighted by Gasteiger charge is 2.34. The van der Waals surface area contributed by atoms with Gasteiger partial charge in [-0.05, 0) is 13.8 Å². The molecule has 1 aromatic rings. The van der Waals surface area contributed by atoms with E-state index in [2.05, 4.69) is 15.3 Å². The van der Waals surface area contributed by atoms with E-state index >= 15 is 0 Å². The summed E-state index contributed by atoms with van der Waals surface area (Å²) in [6.45, 7) is 2.89. The first-order chi connectivity index (χ1) is 7.64. The standard InChI is InChI=1S/C9H11ClF3N3O/c1-8(2,4-17)16-7-14-5(9(11,12)13)3-6(10)15-7/h3,17H,4H2,1-2H3,(H,14,15,16). The maximum absolute atomic E-state index is 12.4. The number of hydrogen-bond acceptors (Lipinski definition) is 4. The fourth-order valence-corrected chi connectivity index (χ4v) is 1.14. The molecule has 96 valence electrons. The Bertz CT molecular complexity index is 409. The van der Waals surface area contributed by atoms with Gasteiger partial charge >= 0.3 is 6.18 Å². The molecule has 0 atom stereocenters. The van der Waals surface area contributed by atoms with Gasteiger partial charge in [0.15, 0.2) is 5.69 Å². The monoisotopic (exact) mass is 269 g/mol. The predicted molar refractivity (Wildman–Crippen MR) is 56.8 cm³/mol. The number of aromatic nitrogens is 2. The Morgan fingerprint density at radius 3 is 2.41 bits per heavy atom. The molecule has 0 aliphatic carbocycles. The molecule has 1 rings (SSSR count). The van der Waals surface area contributed by atoms with Crippen LogP contribution in [-0.2, 0) is 6.18 Å². The van der Waals surface area contributed by atoms with Gasteiger partial charge in [-0.15, -0.1) is 0 Å². The van der Waals surface area contributed by atoms with Gasteiger partial charge in [-0.1, -0.05) is 11.6 Å². The molecule has 0 saturated carbocycles. The van der Waals surface area contributed by atoms with Crippen LogP contribution in [0.4, 0.5) is 19.1 Å². The quantitative estimate of drug-likeness (QED) is 0.827. The Morgan fingerprint density at radius 2 is 1.94 bits per heavy atom. The van der Waals surface area contributed by atoms with Crippen LogP contribution in [0.1, 0.15) is 19.5 Å². The number of rotatable bonds is 3. The van der Waals surface area contributed by atoms with Gasteiger partial charge in [0, 0.05) is 6.07 Å². The summed E-state index contributed by atoms with van der Waals surface area (Å²) in [5.41, 5.74) is -1.97. The Hall–Kier alpha value is -1.08. The fraction of sp³-hybridized carbons (Fsp3) is 0.556. The molecule has 0 bridgehead atoms. The lowest BCUT2D eigenvalue weighted by molar-refractivity contribution is -0.141. The second-order valence-electron chi connectivity index (χ2n) is 4.06. The summed E-state index contributed by atoms with van der Waals surface area (Å²) in [4.78, 5) is 6.91. The van der Waals surface area contributed by atoms with Gasteiger partial charge in [0.1, 0.15) is 5.15 Å². The van der Waals surface area contributed by atoms with Crippen molar-refractivity contribution in [3.05, 3.63) is 16.9 Å². The highest BCUT2D eigenvalue weighted by Crippen LogP contribution is 2.29. The molecule has 1 aromatic heterocycles. The summed E-state index contributed by atoms with van der Waals surface area (Å²) >= 11 is 5.47. The number of halogens is 4. The number of nitrogens with one attached hydrogen (secondary N) is 1. The summed E-state index contributed by atoms with van der Waals surface area (Å²) in [5, 5.41) is 11.2. The van der Waals surface area contributed by atoms with Crippen molar-refractivity contribution in [3.8, 4) is 0 Å². The zero-order valence-electron chi connectivity index (χ0n) is 9.14. The molecule has 17 heavy (non-hydrogen) atoms. The fourth-order valence-electron chi connectivity index (χ4n) is 0.961. The van der Waals surface area contributed by atoms with E-state index in [0.29, 0.717) is 6.07 Å². The van der Waals surface area contributed by atoms with E-state index in [1.54, 1.807) is 13.8 Å². The molecule has 0 radical (unpaired) electrons. The molecule has 0 spiro atoms. The van der Waals surface area contributed by atoms with Crippen LogP contribution in [-0.4, -0.2) is 27.2 Å². The van der Waals surface area contributed by atoms with Crippen molar-refractivity contribution < 1.29 is 18.3 Å². The topological polar surface area (TPSA) is 58.0 Å². The van der Waals surface area contributed by atoms with Gasteiger partial charge in [0.05, 0.1) is 12.1 Å². The number of nitrogens with zero attached hydrogens (tertiary/aromatic N) is 2. The molecule has 0 aliphatic heterocycles. The molecule has 0 unspecified atom stereocenters. The van der Waals surface area contributed by atoms with Gasteiger partial charge in [0.25, 0.3) is 0 Å². The van der Waals surface area contributed by atoms with Crippen LogP contribution in [0.25, 0.3) is 0 Å². The van der Waals surface area contributed by atoms with Crippen LogP contribution in [0.5, 0.6) is 0 Å². The van der Waals surface area contributed by atoms with Gasteiger partial charge < -0.3 is 10.4 Å². The maximum atomic E-state index is 12.4. The van der Waals surface area contributed by atoms with Crippen molar-refractivity contribution in [1.82, 2.24) is 9.97 Å². The molecular weight excluding hydrogens is 259 g/mol. The van der Waals surface area contributed by atoms with E-state index in [4.69, 9.17) is 16.7 Å². The number of anilines is 1. The second-order valence-corrected chi connectivity index (χ2v) is 4.45. The van der Waals surface area contributed by atoms with Crippen molar-refractivity contribution in [2.75, 3.05) is 11.9 Å². The first kappa shape index (κ1) is 14.0. The van der Waals surface area contributed by atoms with Crippen LogP contribution in [0.3, 0.4) is 0 Å². The number of aliphatic hydroxyl groups excluding tert-OH is 1. The highest BCUT2D eigenvalue weighted by molar-refractivity contribution is 6.29. The van der Waals surface area contributed by atoms with Gasteiger partial charge in [-0.2, -0.15) is 13.2 Å². The first-order valence-electron chi connectivity index (χ1n) is 4.65. The lowest BCUT2D eigenvalue weighted by Gasteiger charge is -2.23. The molecule has 0 fully saturated rings. The molecule has 0 saturated heterocycles. The van der Waals surface area contributed by atoms with Crippen molar-refractivity contribution >= 4 is 17.5 Å². The minimum Gasteiger partial charge on any atom is -0.394 e. The minimum atomic E-state index is -4.59. The number of hydrogen-bond donors (Lipinski definition) is 2. The average molecular weight is 270 g/mol. The van der Waals surface area contributed by atoms with Gasteiger partial charge in [-0.3, -0.25) is 0 Å². The predicted octanol–water partition coefficient (Wildman–Crippen LogP) is 2.33. The zero-order valence-corrected chi connectivity index (χ0v) is 9.89. The van der Waals surface area contributed by atoms with E-state index in [0.717, 1.165) is 0 Å². The Morgan fingerprint density at radius 1 is 1.35 bits per heavy atom. The molecule has 0 aliphatic rings. The average Bonchev–Trinajstić information content (AvgIpc) is 2.14. The maximum Gasteiger partial charge on any atom is 0.433 e. The Balaban J connectivity index is 3.06. The molecule has 1 heterocycles. The van der Waals surface area contributed by atoms with Crippen LogP contribution >= 0.6 is 11.6 Å². The van der Waals surface area contributed by atoms with Crippen molar-refractivity contribution in [3.63, 3.8) is 0 Å². The molecule has 0 aromatic carbocycles. The van der Waals surface area contributed by atoms with Crippen molar-refractivity contribution in [1.29, 1.82) is 0 Å². The minimum absolute atomic E-state index is 0.274. The van der Waals surface area contributed by atoms with E-state index in [9.17, 15) is 13.2 Å². The van der Waals surface area contributed by atoms with E-state index in [-0.39, 0.29) is 17.7 Å². The second kappa shape index (κ2) is 4.66. The van der Waals surface area contributed by atoms with Crippen molar-refractivity contribution in [2.24, 2.45) is 0 Å².